The van der Waals surface area contributed by atoms with Gasteiger partial charge in [0.2, 0.25) is 5.95 Å². The molecule has 7 nitrogen and oxygen atoms in total. The Hall–Kier alpha value is -2.57. The third-order valence-corrected chi connectivity index (χ3v) is 2.87. The van der Waals surface area contributed by atoms with Crippen molar-refractivity contribution in [1.29, 1.82) is 0 Å². The average Bonchev–Trinajstić information content (AvgIpc) is 2.90. The number of carboxylic acid groups (broad SMARTS) is 2. The minimum absolute atomic E-state index is 0.0194. The summed E-state index contributed by atoms with van der Waals surface area (Å²) in [6.45, 7) is 1.81. The predicted molar refractivity (Wildman–Crippen MR) is 66.4 cm³/mol. The summed E-state index contributed by atoms with van der Waals surface area (Å²) < 4.78 is 0. The number of nitrogens with one attached hydrogen (secondary N) is 1. The van der Waals surface area contributed by atoms with Gasteiger partial charge in [-0.15, -0.1) is 0 Å². The van der Waals surface area contributed by atoms with Crippen LogP contribution in [0.2, 0.25) is 0 Å². The molecule has 19 heavy (non-hydrogen) atoms. The van der Waals surface area contributed by atoms with Crippen LogP contribution in [0.25, 0.3) is 0 Å². The lowest BCUT2D eigenvalue weighted by molar-refractivity contribution is -0.133. The topological polar surface area (TPSA) is 107 Å². The first-order valence-electron chi connectivity index (χ1n) is 5.72. The van der Waals surface area contributed by atoms with Gasteiger partial charge < -0.3 is 15.2 Å². The number of aliphatic carboxylic acids is 2. The van der Waals surface area contributed by atoms with Crippen LogP contribution in [-0.2, 0) is 9.59 Å². The summed E-state index contributed by atoms with van der Waals surface area (Å²) in [7, 11) is 0. The molecule has 0 bridgehead atoms. The van der Waals surface area contributed by atoms with Crippen LogP contribution in [-0.4, -0.2) is 32.1 Å². The van der Waals surface area contributed by atoms with Crippen LogP contribution in [0.15, 0.2) is 35.4 Å². The van der Waals surface area contributed by atoms with E-state index in [4.69, 9.17) is 5.11 Å². The molecule has 3 N–H and O–H groups in total. The molecule has 1 aromatic rings. The van der Waals surface area contributed by atoms with E-state index in [1.54, 1.807) is 6.20 Å². The number of imidazole rings is 1. The number of H-pyrrole nitrogens is 1. The maximum atomic E-state index is 11.3. The third kappa shape index (κ3) is 2.35. The van der Waals surface area contributed by atoms with E-state index in [1.807, 2.05) is 6.92 Å². The molecule has 1 aliphatic rings. The van der Waals surface area contributed by atoms with E-state index in [9.17, 15) is 14.7 Å². The Bertz CT molecular complexity index is 572. The Labute approximate surface area is 108 Å². The second-order valence-electron chi connectivity index (χ2n) is 4.00. The largest absolute Gasteiger partial charge is 0.478 e. The lowest BCUT2D eigenvalue weighted by Gasteiger charge is -2.27. The minimum atomic E-state index is -1.13. The van der Waals surface area contributed by atoms with Gasteiger partial charge in [-0.1, -0.05) is 6.92 Å². The number of hydrogen-bond acceptors (Lipinski definition) is 4. The Kier molecular flexibility index (Phi) is 3.37. The summed E-state index contributed by atoms with van der Waals surface area (Å²) in [6, 6.07) is 0. The van der Waals surface area contributed by atoms with E-state index in [2.05, 4.69) is 9.97 Å². The Morgan fingerprint density at radius 3 is 2.63 bits per heavy atom. The maximum absolute atomic E-state index is 11.3. The van der Waals surface area contributed by atoms with E-state index in [0.29, 0.717) is 18.1 Å². The zero-order chi connectivity index (χ0) is 14.0. The Morgan fingerprint density at radius 1 is 1.42 bits per heavy atom. The zero-order valence-electron chi connectivity index (χ0n) is 10.3. The second kappa shape index (κ2) is 4.97. The van der Waals surface area contributed by atoms with Crippen LogP contribution in [0, 0.1) is 0 Å². The highest BCUT2D eigenvalue weighted by atomic mass is 16.4. The lowest BCUT2D eigenvalue weighted by Crippen LogP contribution is -2.27. The number of anilines is 1. The quantitative estimate of drug-likeness (QED) is 0.756. The predicted octanol–water partition coefficient (Wildman–Crippen LogP) is 1.34. The van der Waals surface area contributed by atoms with Gasteiger partial charge in [0.25, 0.3) is 0 Å². The average molecular weight is 263 g/mol. The van der Waals surface area contributed by atoms with Crippen LogP contribution >= 0.6 is 0 Å². The molecular weight excluding hydrogens is 250 g/mol. The van der Waals surface area contributed by atoms with Crippen molar-refractivity contribution in [3.63, 3.8) is 0 Å². The van der Waals surface area contributed by atoms with Crippen molar-refractivity contribution in [2.24, 2.45) is 0 Å². The Balaban J connectivity index is 2.53. The van der Waals surface area contributed by atoms with E-state index >= 15 is 0 Å². The third-order valence-electron chi connectivity index (χ3n) is 2.87. The number of hydrogen-bond donors (Lipinski definition) is 3. The molecule has 2 heterocycles. The Morgan fingerprint density at radius 2 is 2.16 bits per heavy atom. The molecule has 7 heteroatoms. The fourth-order valence-corrected chi connectivity index (χ4v) is 2.01. The standard InChI is InChI=1S/C12H13N3O4/c1-2-9-8(11(18)19)5-7(10(16)17)6-15(9)12-13-3-4-14-12/h3-4,6H,2,5H2,1H3,(H,13,14)(H,16,17)(H,18,19). The van der Waals surface area contributed by atoms with Gasteiger partial charge in [0, 0.05) is 30.7 Å². The fraction of sp³-hybridized carbons (Fsp3) is 0.250. The first kappa shape index (κ1) is 12.9. The monoisotopic (exact) mass is 263 g/mol. The van der Waals surface area contributed by atoms with Gasteiger partial charge in [0.1, 0.15) is 0 Å². The molecule has 2 rings (SSSR count). The molecule has 0 aliphatic carbocycles. The molecule has 100 valence electrons. The van der Waals surface area contributed by atoms with E-state index in [-0.39, 0.29) is 17.6 Å². The highest BCUT2D eigenvalue weighted by Gasteiger charge is 2.28. The molecule has 1 aromatic heterocycles. The van der Waals surface area contributed by atoms with Crippen LogP contribution in [0.4, 0.5) is 5.95 Å². The van der Waals surface area contributed by atoms with Crippen molar-refractivity contribution < 1.29 is 19.8 Å². The van der Waals surface area contributed by atoms with Crippen molar-refractivity contribution >= 4 is 17.9 Å². The van der Waals surface area contributed by atoms with Gasteiger partial charge in [-0.25, -0.2) is 14.6 Å². The fourth-order valence-electron chi connectivity index (χ4n) is 2.01. The van der Waals surface area contributed by atoms with Crippen LogP contribution < -0.4 is 4.90 Å². The van der Waals surface area contributed by atoms with Gasteiger partial charge >= 0.3 is 11.9 Å². The van der Waals surface area contributed by atoms with Crippen molar-refractivity contribution in [1.82, 2.24) is 9.97 Å². The number of nitrogens with zero attached hydrogens (tertiary/aromatic N) is 2. The molecule has 1 aliphatic heterocycles. The highest BCUT2D eigenvalue weighted by molar-refractivity contribution is 5.96. The van der Waals surface area contributed by atoms with Gasteiger partial charge in [-0.3, -0.25) is 4.90 Å². The summed E-state index contributed by atoms with van der Waals surface area (Å²) in [5, 5.41) is 18.3. The zero-order valence-corrected chi connectivity index (χ0v) is 10.3. The van der Waals surface area contributed by atoms with Gasteiger partial charge in [-0.05, 0) is 6.42 Å². The maximum Gasteiger partial charge on any atom is 0.333 e. The van der Waals surface area contributed by atoms with Crippen molar-refractivity contribution in [2.45, 2.75) is 19.8 Å². The number of allylic oxidation sites excluding steroid dienone is 1. The smallest absolute Gasteiger partial charge is 0.333 e. The number of aromatic nitrogens is 2. The van der Waals surface area contributed by atoms with E-state index < -0.39 is 11.9 Å². The highest BCUT2D eigenvalue weighted by Crippen LogP contribution is 2.30. The first-order valence-corrected chi connectivity index (χ1v) is 5.72. The van der Waals surface area contributed by atoms with Crippen LogP contribution in [0.3, 0.4) is 0 Å². The first-order chi connectivity index (χ1) is 9.04. The van der Waals surface area contributed by atoms with Gasteiger partial charge in [0.15, 0.2) is 0 Å². The van der Waals surface area contributed by atoms with Gasteiger partial charge in [-0.2, -0.15) is 0 Å². The summed E-state index contributed by atoms with van der Waals surface area (Å²) >= 11 is 0. The van der Waals surface area contributed by atoms with Crippen LogP contribution in [0.5, 0.6) is 0 Å². The molecule has 0 spiro atoms. The lowest BCUT2D eigenvalue weighted by atomic mass is 9.98. The van der Waals surface area contributed by atoms with Gasteiger partial charge in [0.05, 0.1) is 11.1 Å². The molecule has 0 saturated heterocycles. The number of rotatable bonds is 4. The number of carboxylic acids is 2. The van der Waals surface area contributed by atoms with Crippen molar-refractivity contribution in [3.05, 3.63) is 35.4 Å². The summed E-state index contributed by atoms with van der Waals surface area (Å²) in [5.74, 6) is -1.85. The molecule has 0 fully saturated rings. The van der Waals surface area contributed by atoms with Crippen molar-refractivity contribution in [3.8, 4) is 0 Å². The SMILES string of the molecule is CCC1=C(C(=O)O)CC(C(=O)O)=CN1c1ncc[nH]1. The minimum Gasteiger partial charge on any atom is -0.478 e. The molecule has 0 amide bonds. The summed E-state index contributed by atoms with van der Waals surface area (Å²) in [5.41, 5.74) is 0.636. The van der Waals surface area contributed by atoms with Crippen LogP contribution in [0.1, 0.15) is 19.8 Å². The molecular formula is C12H13N3O4. The molecule has 0 atom stereocenters. The summed E-state index contributed by atoms with van der Waals surface area (Å²) in [4.78, 5) is 30.7. The summed E-state index contributed by atoms with van der Waals surface area (Å²) in [6.07, 6.45) is 4.89. The molecule has 0 aromatic carbocycles. The number of aromatic amines is 1. The molecule has 0 unspecified atom stereocenters. The van der Waals surface area contributed by atoms with E-state index in [1.165, 1.54) is 17.3 Å². The second-order valence-corrected chi connectivity index (χ2v) is 4.00. The van der Waals surface area contributed by atoms with Crippen molar-refractivity contribution in [2.75, 3.05) is 4.90 Å². The normalized spacial score (nSPS) is 15.4. The molecule has 0 radical (unpaired) electrons. The van der Waals surface area contributed by atoms with E-state index in [0.717, 1.165) is 0 Å². The molecule has 0 saturated carbocycles. The number of carbonyl (C=O) groups is 2.